The third-order valence-corrected chi connectivity index (χ3v) is 8.10. The number of rotatable bonds is 6. The highest BCUT2D eigenvalue weighted by Gasteiger charge is 2.60. The van der Waals surface area contributed by atoms with Gasteiger partial charge in [0.15, 0.2) is 11.6 Å². The van der Waals surface area contributed by atoms with Gasteiger partial charge in [-0.15, -0.1) is 0 Å². The fourth-order valence-electron chi connectivity index (χ4n) is 6.22. The van der Waals surface area contributed by atoms with E-state index in [-0.39, 0.29) is 29.9 Å². The Kier molecular flexibility index (Phi) is 6.03. The average molecular weight is 523 g/mol. The van der Waals surface area contributed by atoms with E-state index in [9.17, 15) is 14.7 Å². The number of urea groups is 1. The van der Waals surface area contributed by atoms with Gasteiger partial charge in [-0.2, -0.15) is 0 Å². The molecular weight excluding hydrogens is 491 g/mol. The number of carbonyl (C=O) groups excluding carboxylic acids is 2. The number of benzene rings is 2. The first-order chi connectivity index (χ1) is 18.3. The van der Waals surface area contributed by atoms with Crippen LogP contribution in [0.3, 0.4) is 0 Å². The van der Waals surface area contributed by atoms with Gasteiger partial charge in [-0.1, -0.05) is 12.1 Å². The summed E-state index contributed by atoms with van der Waals surface area (Å²) >= 11 is 0. The molecule has 3 amide bonds. The molecule has 0 saturated carbocycles. The number of ether oxygens (including phenoxy) is 2. The molecular formula is C28H31FN4O5. The van der Waals surface area contributed by atoms with Gasteiger partial charge in [0.1, 0.15) is 17.3 Å². The number of carbonyl (C=O) groups is 2. The Morgan fingerprint density at radius 3 is 2.71 bits per heavy atom. The summed E-state index contributed by atoms with van der Waals surface area (Å²) in [7, 11) is 1.41. The zero-order chi connectivity index (χ0) is 26.6. The van der Waals surface area contributed by atoms with Crippen LogP contribution in [0.5, 0.6) is 11.5 Å². The molecule has 1 aromatic heterocycles. The van der Waals surface area contributed by atoms with E-state index in [1.54, 1.807) is 48.2 Å². The van der Waals surface area contributed by atoms with Gasteiger partial charge in [0.05, 0.1) is 20.3 Å². The van der Waals surface area contributed by atoms with Crippen molar-refractivity contribution in [2.75, 3.05) is 46.5 Å². The van der Waals surface area contributed by atoms with Crippen LogP contribution in [0, 0.1) is 5.82 Å². The zero-order valence-corrected chi connectivity index (χ0v) is 21.5. The number of phenolic OH excluding ortho intramolecular Hbond substituents is 1. The fraction of sp³-hybridized carbons (Fsp3) is 0.429. The number of halogens is 1. The van der Waals surface area contributed by atoms with E-state index >= 15 is 4.39 Å². The van der Waals surface area contributed by atoms with Crippen molar-refractivity contribution in [2.45, 2.75) is 31.3 Å². The third-order valence-electron chi connectivity index (χ3n) is 8.10. The van der Waals surface area contributed by atoms with Crippen molar-refractivity contribution in [1.29, 1.82) is 0 Å². The molecule has 2 N–H and O–H groups in total. The Balaban J connectivity index is 1.42. The van der Waals surface area contributed by atoms with Crippen LogP contribution in [0.4, 0.5) is 9.18 Å². The zero-order valence-electron chi connectivity index (χ0n) is 21.5. The van der Waals surface area contributed by atoms with Crippen LogP contribution in [0.2, 0.25) is 0 Å². The van der Waals surface area contributed by atoms with Gasteiger partial charge in [-0.25, -0.2) is 9.18 Å². The van der Waals surface area contributed by atoms with Crippen molar-refractivity contribution < 1.29 is 28.6 Å². The first kappa shape index (κ1) is 24.7. The van der Waals surface area contributed by atoms with Gasteiger partial charge in [-0.3, -0.25) is 19.5 Å². The van der Waals surface area contributed by atoms with Crippen LogP contribution in [0.15, 0.2) is 36.4 Å². The molecule has 0 aliphatic carbocycles. The Morgan fingerprint density at radius 1 is 1.18 bits per heavy atom. The summed E-state index contributed by atoms with van der Waals surface area (Å²) in [6.07, 6.45) is 0.810. The second kappa shape index (κ2) is 9.28. The van der Waals surface area contributed by atoms with Crippen LogP contribution < -0.4 is 4.74 Å². The van der Waals surface area contributed by atoms with Gasteiger partial charge >= 0.3 is 6.03 Å². The minimum atomic E-state index is -1.22. The molecule has 0 bridgehead atoms. The number of aromatic amines is 1. The Labute approximate surface area is 219 Å². The molecule has 2 aromatic carbocycles. The minimum absolute atomic E-state index is 0.0422. The molecule has 10 heteroatoms. The number of fused-ring (bicyclic) bond motifs is 4. The van der Waals surface area contributed by atoms with E-state index < -0.39 is 17.4 Å². The van der Waals surface area contributed by atoms with Crippen LogP contribution in [-0.2, 0) is 16.0 Å². The molecule has 2 atom stereocenters. The maximum absolute atomic E-state index is 15.6. The number of H-pyrrole nitrogens is 1. The van der Waals surface area contributed by atoms with Crippen LogP contribution in [0.1, 0.15) is 36.2 Å². The van der Waals surface area contributed by atoms with Gasteiger partial charge in [0.25, 0.3) is 5.91 Å². The lowest BCUT2D eigenvalue weighted by atomic mass is 9.81. The number of aromatic nitrogens is 1. The predicted octanol–water partition coefficient (Wildman–Crippen LogP) is 3.41. The molecule has 9 nitrogen and oxygen atoms in total. The molecule has 0 radical (unpaired) electrons. The smallest absolute Gasteiger partial charge is 0.328 e. The van der Waals surface area contributed by atoms with E-state index in [4.69, 9.17) is 9.47 Å². The summed E-state index contributed by atoms with van der Waals surface area (Å²) in [5.41, 5.74) is 1.24. The second-order valence-electron chi connectivity index (χ2n) is 10.4. The molecule has 3 aliphatic heterocycles. The Morgan fingerprint density at radius 2 is 1.97 bits per heavy atom. The molecule has 1 unspecified atom stereocenters. The molecule has 4 heterocycles. The van der Waals surface area contributed by atoms with E-state index in [1.165, 1.54) is 12.0 Å². The lowest BCUT2D eigenvalue weighted by molar-refractivity contribution is -0.133. The summed E-state index contributed by atoms with van der Waals surface area (Å²) in [6.45, 7) is 5.86. The Bertz CT molecular complexity index is 1420. The number of morpholine rings is 1. The molecule has 2 saturated heterocycles. The molecule has 200 valence electrons. The second-order valence-corrected chi connectivity index (χ2v) is 10.4. The highest BCUT2D eigenvalue weighted by molar-refractivity contribution is 6.08. The van der Waals surface area contributed by atoms with Crippen LogP contribution in [-0.4, -0.2) is 88.8 Å². The largest absolute Gasteiger partial charge is 0.508 e. The standard InChI is InChI=1S/C28H31FN4O5/c1-28-16-19-22-20(7-8-21(37-2)23(22)29)30-24(19)25(17-5-3-6-18(34)15-17)33(28)27(36)32(26(28)35)10-4-9-31-11-13-38-14-12-31/h3,5-8,15,25,30,34H,4,9-14,16H2,1-2H3/t25?,28-/m0/s1. The first-order valence-electron chi connectivity index (χ1n) is 12.9. The van der Waals surface area contributed by atoms with Gasteiger partial charge < -0.3 is 19.6 Å². The highest BCUT2D eigenvalue weighted by atomic mass is 19.1. The van der Waals surface area contributed by atoms with E-state index in [2.05, 4.69) is 9.88 Å². The molecule has 0 spiro atoms. The number of imide groups is 1. The Hall–Kier alpha value is -3.63. The topological polar surface area (TPSA) is 98.3 Å². The molecule has 3 aromatic rings. The van der Waals surface area contributed by atoms with Gasteiger partial charge in [0, 0.05) is 49.2 Å². The number of nitrogens with one attached hydrogen (secondary N) is 1. The van der Waals surface area contributed by atoms with Crippen molar-refractivity contribution in [3.05, 3.63) is 59.0 Å². The monoisotopic (exact) mass is 522 g/mol. The number of hydrogen-bond acceptors (Lipinski definition) is 6. The fourth-order valence-corrected chi connectivity index (χ4v) is 6.22. The SMILES string of the molecule is COc1ccc2[nH]c3c(c2c1F)C[C@@]1(C)C(=O)N(CCCN2CCOCC2)C(=O)N1C3c1cccc(O)c1. The normalized spacial score (nSPS) is 23.7. The van der Waals surface area contributed by atoms with Crippen LogP contribution >= 0.6 is 0 Å². The highest BCUT2D eigenvalue weighted by Crippen LogP contribution is 2.49. The molecule has 38 heavy (non-hydrogen) atoms. The third kappa shape index (κ3) is 3.73. The van der Waals surface area contributed by atoms with Gasteiger partial charge in [-0.05, 0) is 48.7 Å². The maximum Gasteiger partial charge on any atom is 0.328 e. The number of methoxy groups -OCH3 is 1. The number of hydrogen-bond donors (Lipinski definition) is 2. The quantitative estimate of drug-likeness (QED) is 0.482. The number of nitrogens with zero attached hydrogens (tertiary/aromatic N) is 3. The van der Waals surface area contributed by atoms with Crippen molar-refractivity contribution in [2.24, 2.45) is 0 Å². The first-order valence-corrected chi connectivity index (χ1v) is 12.9. The van der Waals surface area contributed by atoms with E-state index in [0.717, 1.165) is 19.6 Å². The summed E-state index contributed by atoms with van der Waals surface area (Å²) in [6, 6.07) is 8.84. The lowest BCUT2D eigenvalue weighted by Gasteiger charge is -2.42. The van der Waals surface area contributed by atoms with Crippen molar-refractivity contribution in [1.82, 2.24) is 19.7 Å². The summed E-state index contributed by atoms with van der Waals surface area (Å²) < 4.78 is 26.2. The van der Waals surface area contributed by atoms with E-state index in [1.807, 2.05) is 0 Å². The molecule has 3 aliphatic rings. The average Bonchev–Trinajstić information content (AvgIpc) is 3.36. The van der Waals surface area contributed by atoms with Crippen molar-refractivity contribution >= 4 is 22.8 Å². The van der Waals surface area contributed by atoms with E-state index in [0.29, 0.717) is 53.9 Å². The van der Waals surface area contributed by atoms with Crippen LogP contribution in [0.25, 0.3) is 10.9 Å². The van der Waals surface area contributed by atoms with Gasteiger partial charge in [0.2, 0.25) is 0 Å². The molecule has 2 fully saturated rings. The summed E-state index contributed by atoms with van der Waals surface area (Å²) in [5.74, 6) is -0.647. The number of amides is 3. The lowest BCUT2D eigenvalue weighted by Crippen LogP contribution is -2.53. The maximum atomic E-state index is 15.6. The number of phenols is 1. The minimum Gasteiger partial charge on any atom is -0.508 e. The summed E-state index contributed by atoms with van der Waals surface area (Å²) in [5, 5.41) is 10.6. The summed E-state index contributed by atoms with van der Waals surface area (Å²) in [4.78, 5) is 36.4. The number of aromatic hydroxyl groups is 1. The van der Waals surface area contributed by atoms with Crippen molar-refractivity contribution in [3.63, 3.8) is 0 Å². The molecule has 6 rings (SSSR count). The predicted molar refractivity (Wildman–Crippen MR) is 138 cm³/mol. The van der Waals surface area contributed by atoms with Crippen molar-refractivity contribution in [3.8, 4) is 11.5 Å².